The largest absolute Gasteiger partial charge is 0.369 e. The van der Waals surface area contributed by atoms with Crippen LogP contribution in [0.1, 0.15) is 12.0 Å². The maximum Gasteiger partial charge on any atom is 0.253 e. The molecule has 1 heterocycles. The zero-order valence-corrected chi connectivity index (χ0v) is 11.0. The minimum Gasteiger partial charge on any atom is -0.369 e. The molecule has 2 rings (SSSR count). The molecule has 0 radical (unpaired) electrons. The molecule has 1 aromatic rings. The van der Waals surface area contributed by atoms with Crippen molar-refractivity contribution in [3.8, 4) is 0 Å². The fourth-order valence-electron chi connectivity index (χ4n) is 2.32. The minimum atomic E-state index is 0.0525. The van der Waals surface area contributed by atoms with Gasteiger partial charge in [-0.3, -0.25) is 4.79 Å². The van der Waals surface area contributed by atoms with Crippen LogP contribution in [0.5, 0.6) is 0 Å². The van der Waals surface area contributed by atoms with E-state index in [0.29, 0.717) is 6.61 Å². The summed E-state index contributed by atoms with van der Waals surface area (Å²) in [6.45, 7) is 3.71. The Kier molecular flexibility index (Phi) is 4.33. The summed E-state index contributed by atoms with van der Waals surface area (Å²) in [7, 11) is 1.92. The summed E-state index contributed by atoms with van der Waals surface area (Å²) in [4.78, 5) is 14.0. The third-order valence-electron chi connectivity index (χ3n) is 3.27. The van der Waals surface area contributed by atoms with Crippen molar-refractivity contribution in [3.05, 3.63) is 29.8 Å². The van der Waals surface area contributed by atoms with Crippen LogP contribution in [-0.2, 0) is 9.53 Å². The third-order valence-corrected chi connectivity index (χ3v) is 3.27. The van der Waals surface area contributed by atoms with E-state index in [2.05, 4.69) is 5.32 Å². The SMILES string of the molecule is CNCCC1COCC(=O)N1c1ccccc1C. The first-order chi connectivity index (χ1) is 8.74. The lowest BCUT2D eigenvalue weighted by atomic mass is 10.1. The Morgan fingerprint density at radius 1 is 1.44 bits per heavy atom. The molecule has 1 amide bonds. The van der Waals surface area contributed by atoms with Gasteiger partial charge in [-0.15, -0.1) is 0 Å². The zero-order chi connectivity index (χ0) is 13.0. The monoisotopic (exact) mass is 248 g/mol. The summed E-state index contributed by atoms with van der Waals surface area (Å²) in [5.41, 5.74) is 2.13. The number of anilines is 1. The van der Waals surface area contributed by atoms with Crippen molar-refractivity contribution in [2.75, 3.05) is 31.7 Å². The summed E-state index contributed by atoms with van der Waals surface area (Å²) in [5, 5.41) is 3.12. The molecule has 1 atom stereocenters. The number of hydrogen-bond donors (Lipinski definition) is 1. The van der Waals surface area contributed by atoms with Crippen molar-refractivity contribution in [1.82, 2.24) is 5.32 Å². The predicted octanol–water partition coefficient (Wildman–Crippen LogP) is 1.34. The van der Waals surface area contributed by atoms with Gasteiger partial charge in [-0.2, -0.15) is 0 Å². The second kappa shape index (κ2) is 5.98. The lowest BCUT2D eigenvalue weighted by Crippen LogP contribution is -2.50. The first-order valence-corrected chi connectivity index (χ1v) is 6.34. The number of rotatable bonds is 4. The van der Waals surface area contributed by atoms with E-state index in [1.165, 1.54) is 0 Å². The lowest BCUT2D eigenvalue weighted by Gasteiger charge is -2.36. The van der Waals surface area contributed by atoms with Gasteiger partial charge in [-0.25, -0.2) is 0 Å². The molecular formula is C14H20N2O2. The molecule has 98 valence electrons. The number of nitrogens with one attached hydrogen (secondary N) is 1. The van der Waals surface area contributed by atoms with Gasteiger partial charge in [-0.05, 0) is 38.6 Å². The van der Waals surface area contributed by atoms with Crippen LogP contribution in [0.2, 0.25) is 0 Å². The Bertz CT molecular complexity index is 420. The van der Waals surface area contributed by atoms with Gasteiger partial charge in [-0.1, -0.05) is 18.2 Å². The molecule has 0 aliphatic carbocycles. The number of amides is 1. The molecule has 4 nitrogen and oxygen atoms in total. The van der Waals surface area contributed by atoms with Crippen LogP contribution in [-0.4, -0.2) is 38.8 Å². The molecule has 0 saturated carbocycles. The molecular weight excluding hydrogens is 228 g/mol. The molecule has 0 spiro atoms. The Labute approximate surface area is 108 Å². The molecule has 1 saturated heterocycles. The molecule has 0 aromatic heterocycles. The van der Waals surface area contributed by atoms with Crippen molar-refractivity contribution >= 4 is 11.6 Å². The van der Waals surface area contributed by atoms with Crippen LogP contribution in [0, 0.1) is 6.92 Å². The molecule has 1 unspecified atom stereocenters. The molecule has 1 aliphatic rings. The fraction of sp³-hybridized carbons (Fsp3) is 0.500. The van der Waals surface area contributed by atoms with Crippen LogP contribution in [0.25, 0.3) is 0 Å². The summed E-state index contributed by atoms with van der Waals surface area (Å²) < 4.78 is 5.36. The summed E-state index contributed by atoms with van der Waals surface area (Å²) in [5.74, 6) is 0.0525. The Morgan fingerprint density at radius 2 is 2.22 bits per heavy atom. The van der Waals surface area contributed by atoms with E-state index in [0.717, 1.165) is 24.2 Å². The highest BCUT2D eigenvalue weighted by molar-refractivity contribution is 5.96. The summed E-state index contributed by atoms with van der Waals surface area (Å²) in [6.07, 6.45) is 0.899. The normalized spacial score (nSPS) is 20.2. The van der Waals surface area contributed by atoms with Gasteiger partial charge >= 0.3 is 0 Å². The average Bonchev–Trinajstić information content (AvgIpc) is 2.38. The number of morpholine rings is 1. The second-order valence-electron chi connectivity index (χ2n) is 4.61. The van der Waals surface area contributed by atoms with E-state index < -0.39 is 0 Å². The van der Waals surface area contributed by atoms with Gasteiger partial charge in [0.2, 0.25) is 0 Å². The van der Waals surface area contributed by atoms with E-state index in [9.17, 15) is 4.79 Å². The number of nitrogens with zero attached hydrogens (tertiary/aromatic N) is 1. The zero-order valence-electron chi connectivity index (χ0n) is 11.0. The molecule has 1 N–H and O–H groups in total. The fourth-order valence-corrected chi connectivity index (χ4v) is 2.32. The van der Waals surface area contributed by atoms with Gasteiger partial charge in [0.05, 0.1) is 12.6 Å². The number of benzene rings is 1. The number of carbonyl (C=O) groups is 1. The number of para-hydroxylation sites is 1. The van der Waals surface area contributed by atoms with Crippen molar-refractivity contribution in [2.24, 2.45) is 0 Å². The maximum atomic E-state index is 12.1. The second-order valence-corrected chi connectivity index (χ2v) is 4.61. The molecule has 18 heavy (non-hydrogen) atoms. The molecule has 1 fully saturated rings. The van der Waals surface area contributed by atoms with Crippen LogP contribution < -0.4 is 10.2 Å². The van der Waals surface area contributed by atoms with Gasteiger partial charge in [0.15, 0.2) is 0 Å². The average molecular weight is 248 g/mol. The van der Waals surface area contributed by atoms with Crippen LogP contribution in [0.3, 0.4) is 0 Å². The highest BCUT2D eigenvalue weighted by Gasteiger charge is 2.30. The number of carbonyl (C=O) groups excluding carboxylic acids is 1. The Morgan fingerprint density at radius 3 is 2.94 bits per heavy atom. The minimum absolute atomic E-state index is 0.0525. The molecule has 4 heteroatoms. The van der Waals surface area contributed by atoms with Gasteiger partial charge in [0, 0.05) is 5.69 Å². The predicted molar refractivity (Wildman–Crippen MR) is 71.8 cm³/mol. The topological polar surface area (TPSA) is 41.6 Å². The smallest absolute Gasteiger partial charge is 0.253 e. The Balaban J connectivity index is 2.24. The lowest BCUT2D eigenvalue weighted by molar-refractivity contribution is -0.127. The number of aryl methyl sites for hydroxylation is 1. The molecule has 1 aliphatic heterocycles. The third kappa shape index (κ3) is 2.71. The van der Waals surface area contributed by atoms with Crippen LogP contribution in [0.15, 0.2) is 24.3 Å². The number of ether oxygens (including phenoxy) is 1. The van der Waals surface area contributed by atoms with Crippen molar-refractivity contribution in [3.63, 3.8) is 0 Å². The van der Waals surface area contributed by atoms with E-state index in [1.807, 2.05) is 43.1 Å². The maximum absolute atomic E-state index is 12.1. The summed E-state index contributed by atoms with van der Waals surface area (Å²) in [6, 6.07) is 8.13. The van der Waals surface area contributed by atoms with E-state index >= 15 is 0 Å². The van der Waals surface area contributed by atoms with Crippen LogP contribution >= 0.6 is 0 Å². The van der Waals surface area contributed by atoms with Gasteiger partial charge in [0.1, 0.15) is 6.61 Å². The quantitative estimate of drug-likeness (QED) is 0.874. The van der Waals surface area contributed by atoms with E-state index in [4.69, 9.17) is 4.74 Å². The highest BCUT2D eigenvalue weighted by Crippen LogP contribution is 2.25. The van der Waals surface area contributed by atoms with Gasteiger partial charge < -0.3 is 15.0 Å². The van der Waals surface area contributed by atoms with E-state index in [-0.39, 0.29) is 18.6 Å². The van der Waals surface area contributed by atoms with Gasteiger partial charge in [0.25, 0.3) is 5.91 Å². The first kappa shape index (κ1) is 13.1. The van der Waals surface area contributed by atoms with Crippen LogP contribution in [0.4, 0.5) is 5.69 Å². The summed E-state index contributed by atoms with van der Waals surface area (Å²) >= 11 is 0. The van der Waals surface area contributed by atoms with Crippen molar-refractivity contribution < 1.29 is 9.53 Å². The molecule has 0 bridgehead atoms. The Hall–Kier alpha value is -1.39. The standard InChI is InChI=1S/C14H20N2O2/c1-11-5-3-4-6-13(11)16-12(7-8-15-2)9-18-10-14(16)17/h3-6,12,15H,7-10H2,1-2H3. The van der Waals surface area contributed by atoms with Crippen molar-refractivity contribution in [2.45, 2.75) is 19.4 Å². The molecule has 1 aromatic carbocycles. The first-order valence-electron chi connectivity index (χ1n) is 6.34. The highest BCUT2D eigenvalue weighted by atomic mass is 16.5. The van der Waals surface area contributed by atoms with E-state index in [1.54, 1.807) is 0 Å². The number of hydrogen-bond acceptors (Lipinski definition) is 3. The van der Waals surface area contributed by atoms with Crippen molar-refractivity contribution in [1.29, 1.82) is 0 Å².